The van der Waals surface area contributed by atoms with E-state index in [2.05, 4.69) is 0 Å². The molecule has 1 saturated heterocycles. The summed E-state index contributed by atoms with van der Waals surface area (Å²) in [5.41, 5.74) is -0.455. The minimum Gasteiger partial charge on any atom is -0.493 e. The second-order valence-corrected chi connectivity index (χ2v) is 6.21. The van der Waals surface area contributed by atoms with Gasteiger partial charge in [0.2, 0.25) is 0 Å². The number of carbonyl (C=O) groups is 2. The van der Waals surface area contributed by atoms with Crippen molar-refractivity contribution in [3.8, 4) is 11.5 Å². The second kappa shape index (κ2) is 7.55. The average molecular weight is 335 g/mol. The van der Waals surface area contributed by atoms with E-state index in [4.69, 9.17) is 9.47 Å². The predicted octanol–water partition coefficient (Wildman–Crippen LogP) is 2.81. The Morgan fingerprint density at radius 3 is 2.62 bits per heavy atom. The molecular weight excluding hydrogens is 310 g/mol. The molecule has 0 aromatic heterocycles. The van der Waals surface area contributed by atoms with E-state index in [0.29, 0.717) is 42.9 Å². The normalized spacial score (nSPS) is 20.5. The maximum atomic E-state index is 13.0. The molecule has 6 heteroatoms. The van der Waals surface area contributed by atoms with Gasteiger partial charge >= 0.3 is 5.97 Å². The largest absolute Gasteiger partial charge is 0.493 e. The van der Waals surface area contributed by atoms with E-state index in [1.807, 2.05) is 6.92 Å². The molecule has 0 bridgehead atoms. The molecule has 1 aromatic rings. The molecule has 0 spiro atoms. The van der Waals surface area contributed by atoms with Crippen LogP contribution in [0.1, 0.15) is 43.0 Å². The Balaban J connectivity index is 2.31. The van der Waals surface area contributed by atoms with Gasteiger partial charge in [0.15, 0.2) is 11.5 Å². The number of carboxylic acid groups (broad SMARTS) is 1. The van der Waals surface area contributed by atoms with E-state index in [9.17, 15) is 14.7 Å². The first-order valence-electron chi connectivity index (χ1n) is 8.22. The molecule has 1 heterocycles. The van der Waals surface area contributed by atoms with Gasteiger partial charge in [-0.05, 0) is 31.4 Å². The van der Waals surface area contributed by atoms with E-state index in [1.165, 1.54) is 14.2 Å². The summed E-state index contributed by atoms with van der Waals surface area (Å²) in [6, 6.07) is 5.14. The molecule has 2 rings (SSSR count). The fraction of sp³-hybridized carbons (Fsp3) is 0.556. The Labute approximate surface area is 142 Å². The summed E-state index contributed by atoms with van der Waals surface area (Å²) >= 11 is 0. The van der Waals surface area contributed by atoms with Crippen LogP contribution in [0, 0.1) is 5.41 Å². The number of benzene rings is 1. The van der Waals surface area contributed by atoms with Crippen LogP contribution in [0.2, 0.25) is 0 Å². The van der Waals surface area contributed by atoms with Gasteiger partial charge in [-0.2, -0.15) is 0 Å². The van der Waals surface area contributed by atoms with Gasteiger partial charge in [0.05, 0.1) is 25.2 Å². The highest BCUT2D eigenvalue weighted by Crippen LogP contribution is 2.37. The molecule has 1 aliphatic rings. The molecule has 0 unspecified atom stereocenters. The molecular formula is C18H25NO5. The van der Waals surface area contributed by atoms with Gasteiger partial charge in [-0.3, -0.25) is 9.59 Å². The van der Waals surface area contributed by atoms with Crippen LogP contribution in [-0.2, 0) is 4.79 Å². The van der Waals surface area contributed by atoms with Crippen molar-refractivity contribution >= 4 is 11.9 Å². The summed E-state index contributed by atoms with van der Waals surface area (Å²) in [4.78, 5) is 26.4. The standard InChI is InChI=1S/C18H25NO5/c1-4-9-18(17(21)22)10-6-11-19(12-18)16(20)13-7-5-8-14(23-2)15(13)24-3/h5,7-8H,4,6,9-12H2,1-3H3,(H,21,22)/t18-/m1/s1. The van der Waals surface area contributed by atoms with Crippen molar-refractivity contribution in [3.05, 3.63) is 23.8 Å². The van der Waals surface area contributed by atoms with E-state index in [0.717, 1.165) is 6.42 Å². The third-order valence-corrected chi connectivity index (χ3v) is 4.68. The van der Waals surface area contributed by atoms with Crippen LogP contribution >= 0.6 is 0 Å². The minimum absolute atomic E-state index is 0.216. The first-order valence-corrected chi connectivity index (χ1v) is 8.22. The van der Waals surface area contributed by atoms with Gasteiger partial charge in [-0.25, -0.2) is 0 Å². The lowest BCUT2D eigenvalue weighted by atomic mass is 9.76. The number of para-hydroxylation sites is 1. The van der Waals surface area contributed by atoms with Gasteiger partial charge in [0, 0.05) is 13.1 Å². The maximum Gasteiger partial charge on any atom is 0.311 e. The number of hydrogen-bond donors (Lipinski definition) is 1. The third-order valence-electron chi connectivity index (χ3n) is 4.68. The summed E-state index contributed by atoms with van der Waals surface area (Å²) in [5.74, 6) is -0.169. The lowest BCUT2D eigenvalue weighted by molar-refractivity contribution is -0.152. The van der Waals surface area contributed by atoms with Crippen LogP contribution in [-0.4, -0.2) is 49.2 Å². The van der Waals surface area contributed by atoms with Gasteiger partial charge in [-0.1, -0.05) is 19.4 Å². The van der Waals surface area contributed by atoms with Crippen LogP contribution in [0.4, 0.5) is 0 Å². The first-order chi connectivity index (χ1) is 11.5. The summed E-state index contributed by atoms with van der Waals surface area (Å²) in [6.45, 7) is 2.75. The first kappa shape index (κ1) is 18.1. The molecule has 1 amide bonds. The molecule has 0 aliphatic carbocycles. The quantitative estimate of drug-likeness (QED) is 0.865. The number of likely N-dealkylation sites (tertiary alicyclic amines) is 1. The van der Waals surface area contributed by atoms with Gasteiger partial charge in [0.25, 0.3) is 5.91 Å². The summed E-state index contributed by atoms with van der Waals surface area (Å²) < 4.78 is 10.6. The van der Waals surface area contributed by atoms with Crippen molar-refractivity contribution in [1.29, 1.82) is 0 Å². The Bertz CT molecular complexity index is 611. The minimum atomic E-state index is -0.852. The van der Waals surface area contributed by atoms with Crippen LogP contribution in [0.25, 0.3) is 0 Å². The molecule has 1 fully saturated rings. The SMILES string of the molecule is CCC[C@@]1(C(=O)O)CCCN(C(=O)c2cccc(OC)c2OC)C1. The Morgan fingerprint density at radius 2 is 2.04 bits per heavy atom. The molecule has 6 nitrogen and oxygen atoms in total. The Kier molecular flexibility index (Phi) is 5.70. The zero-order valence-corrected chi connectivity index (χ0v) is 14.5. The highest BCUT2D eigenvalue weighted by molar-refractivity contribution is 5.98. The molecule has 1 atom stereocenters. The van der Waals surface area contributed by atoms with Crippen LogP contribution in [0.5, 0.6) is 11.5 Å². The highest BCUT2D eigenvalue weighted by atomic mass is 16.5. The number of hydrogen-bond acceptors (Lipinski definition) is 4. The van der Waals surface area contributed by atoms with Gasteiger partial charge in [-0.15, -0.1) is 0 Å². The number of carbonyl (C=O) groups excluding carboxylic acids is 1. The van der Waals surface area contributed by atoms with Crippen molar-refractivity contribution in [2.75, 3.05) is 27.3 Å². The van der Waals surface area contributed by atoms with E-state index >= 15 is 0 Å². The van der Waals surface area contributed by atoms with E-state index in [1.54, 1.807) is 23.1 Å². The van der Waals surface area contributed by atoms with E-state index in [-0.39, 0.29) is 12.5 Å². The summed E-state index contributed by atoms with van der Waals surface area (Å²) in [5, 5.41) is 9.69. The number of methoxy groups -OCH3 is 2. The van der Waals surface area contributed by atoms with Crippen LogP contribution in [0.15, 0.2) is 18.2 Å². The fourth-order valence-corrected chi connectivity index (χ4v) is 3.50. The summed E-state index contributed by atoms with van der Waals surface area (Å²) in [7, 11) is 3.01. The van der Waals surface area contributed by atoms with Crippen LogP contribution < -0.4 is 9.47 Å². The summed E-state index contributed by atoms with van der Waals surface area (Å²) in [6.07, 6.45) is 2.64. The molecule has 1 N–H and O–H groups in total. The van der Waals surface area contributed by atoms with Crippen molar-refractivity contribution in [2.24, 2.45) is 5.41 Å². The van der Waals surface area contributed by atoms with Crippen molar-refractivity contribution in [1.82, 2.24) is 4.90 Å². The lowest BCUT2D eigenvalue weighted by Crippen LogP contribution is -2.50. The Morgan fingerprint density at radius 1 is 1.29 bits per heavy atom. The molecule has 1 aliphatic heterocycles. The van der Waals surface area contributed by atoms with Crippen molar-refractivity contribution < 1.29 is 24.2 Å². The molecule has 24 heavy (non-hydrogen) atoms. The van der Waals surface area contributed by atoms with E-state index < -0.39 is 11.4 Å². The van der Waals surface area contributed by atoms with Crippen molar-refractivity contribution in [3.63, 3.8) is 0 Å². The van der Waals surface area contributed by atoms with Crippen molar-refractivity contribution in [2.45, 2.75) is 32.6 Å². The molecule has 132 valence electrons. The zero-order chi connectivity index (χ0) is 17.7. The Hall–Kier alpha value is -2.24. The third kappa shape index (κ3) is 3.32. The second-order valence-electron chi connectivity index (χ2n) is 6.21. The molecule has 0 radical (unpaired) electrons. The monoisotopic (exact) mass is 335 g/mol. The fourth-order valence-electron chi connectivity index (χ4n) is 3.50. The number of nitrogens with zero attached hydrogens (tertiary/aromatic N) is 1. The lowest BCUT2D eigenvalue weighted by Gasteiger charge is -2.40. The average Bonchev–Trinajstić information content (AvgIpc) is 2.60. The highest BCUT2D eigenvalue weighted by Gasteiger charge is 2.43. The number of rotatable bonds is 6. The number of aliphatic carboxylic acids is 1. The topological polar surface area (TPSA) is 76.1 Å². The number of amides is 1. The molecule has 1 aromatic carbocycles. The zero-order valence-electron chi connectivity index (χ0n) is 14.5. The number of ether oxygens (including phenoxy) is 2. The smallest absolute Gasteiger partial charge is 0.311 e. The number of piperidine rings is 1. The van der Waals surface area contributed by atoms with Gasteiger partial charge in [0.1, 0.15) is 0 Å². The maximum absolute atomic E-state index is 13.0. The molecule has 0 saturated carbocycles. The predicted molar refractivity (Wildman–Crippen MR) is 89.7 cm³/mol. The number of carboxylic acids is 1. The van der Waals surface area contributed by atoms with Gasteiger partial charge < -0.3 is 19.5 Å². The van der Waals surface area contributed by atoms with Crippen LogP contribution in [0.3, 0.4) is 0 Å².